The average molecular weight is 256 g/mol. The summed E-state index contributed by atoms with van der Waals surface area (Å²) in [4.78, 5) is 0. The molecule has 0 N–H and O–H groups in total. The maximum Gasteiger partial charge on any atom is 0.110 e. The lowest BCUT2D eigenvalue weighted by atomic mass is 10.5. The van der Waals surface area contributed by atoms with Gasteiger partial charge in [-0.3, -0.25) is 0 Å². The van der Waals surface area contributed by atoms with Gasteiger partial charge in [-0.05, 0) is 12.3 Å². The lowest BCUT2D eigenvalue weighted by Gasteiger charge is -1.90. The molecule has 1 nitrogen and oxygen atoms in total. The molecule has 0 fully saturated rings. The Labute approximate surface area is 72.4 Å². The molecule has 3 heteroatoms. The normalized spacial score (nSPS) is 7.78. The van der Waals surface area contributed by atoms with E-state index < -0.39 is 0 Å². The standard InChI is InChI=1S/C6H8Br2O/c7-3-1-5-9-6-2-4-8/h1,3-5H2. The van der Waals surface area contributed by atoms with E-state index in [2.05, 4.69) is 43.9 Å². The predicted molar refractivity (Wildman–Crippen MR) is 45.9 cm³/mol. The second-order valence-corrected chi connectivity index (χ2v) is 2.66. The molecule has 0 aromatic carbocycles. The van der Waals surface area contributed by atoms with Crippen molar-refractivity contribution in [3.63, 3.8) is 0 Å². The number of hydrogen-bond acceptors (Lipinski definition) is 1. The summed E-state index contributed by atoms with van der Waals surface area (Å²) in [7, 11) is 0. The minimum atomic E-state index is 0.682. The van der Waals surface area contributed by atoms with E-state index in [-0.39, 0.29) is 0 Å². The molecule has 0 aliphatic carbocycles. The van der Waals surface area contributed by atoms with Crippen LogP contribution < -0.4 is 0 Å². The van der Waals surface area contributed by atoms with Crippen molar-refractivity contribution in [3.8, 4) is 12.0 Å². The molecule has 0 aliphatic heterocycles. The Kier molecular flexibility index (Phi) is 8.62. The lowest BCUT2D eigenvalue weighted by molar-refractivity contribution is 0.279. The van der Waals surface area contributed by atoms with Crippen LogP contribution in [0.5, 0.6) is 0 Å². The zero-order valence-electron chi connectivity index (χ0n) is 4.99. The second-order valence-electron chi connectivity index (χ2n) is 1.30. The predicted octanol–water partition coefficient (Wildman–Crippen LogP) is 2.14. The molecule has 0 amide bonds. The third kappa shape index (κ3) is 8.32. The monoisotopic (exact) mass is 254 g/mol. The van der Waals surface area contributed by atoms with Gasteiger partial charge in [0.25, 0.3) is 0 Å². The van der Waals surface area contributed by atoms with Crippen LogP contribution in [-0.4, -0.2) is 17.3 Å². The maximum atomic E-state index is 4.89. The molecule has 52 valence electrons. The summed E-state index contributed by atoms with van der Waals surface area (Å²) in [6.45, 7) is 0.714. The van der Waals surface area contributed by atoms with Gasteiger partial charge in [0.05, 0.1) is 5.33 Å². The van der Waals surface area contributed by atoms with Gasteiger partial charge in [-0.2, -0.15) is 0 Å². The zero-order chi connectivity index (χ0) is 6.95. The number of ether oxygens (including phenoxy) is 1. The van der Waals surface area contributed by atoms with Crippen LogP contribution in [0, 0.1) is 12.0 Å². The third-order valence-electron chi connectivity index (χ3n) is 0.591. The molecule has 0 aromatic rings. The molecule has 0 unspecified atom stereocenters. The summed E-state index contributed by atoms with van der Waals surface area (Å²) in [5.74, 6) is 2.74. The van der Waals surface area contributed by atoms with Crippen LogP contribution in [0.4, 0.5) is 0 Å². The lowest BCUT2D eigenvalue weighted by Crippen LogP contribution is -1.87. The first kappa shape index (κ1) is 9.32. The molecule has 0 saturated heterocycles. The van der Waals surface area contributed by atoms with E-state index >= 15 is 0 Å². The average Bonchev–Trinajstić information content (AvgIpc) is 1.89. The minimum absolute atomic E-state index is 0.682. The fourth-order valence-corrected chi connectivity index (χ4v) is 0.599. The molecule has 0 saturated carbocycles. The SMILES string of the molecule is BrCC#COCCCBr. The summed E-state index contributed by atoms with van der Waals surface area (Å²) in [5.41, 5.74) is 0. The maximum absolute atomic E-state index is 4.89. The first-order valence-electron chi connectivity index (χ1n) is 2.63. The number of rotatable bonds is 3. The fourth-order valence-electron chi connectivity index (χ4n) is 0.256. The first-order valence-corrected chi connectivity index (χ1v) is 4.87. The minimum Gasteiger partial charge on any atom is -0.447 e. The Bertz CT molecular complexity index is 103. The zero-order valence-corrected chi connectivity index (χ0v) is 8.16. The van der Waals surface area contributed by atoms with Gasteiger partial charge in [0.15, 0.2) is 0 Å². The summed E-state index contributed by atoms with van der Waals surface area (Å²) in [6, 6.07) is 0. The molecule has 0 radical (unpaired) electrons. The first-order chi connectivity index (χ1) is 4.41. The summed E-state index contributed by atoms with van der Waals surface area (Å²) >= 11 is 6.44. The topological polar surface area (TPSA) is 9.23 Å². The highest BCUT2D eigenvalue weighted by molar-refractivity contribution is 9.09. The van der Waals surface area contributed by atoms with Crippen molar-refractivity contribution in [2.75, 3.05) is 17.3 Å². The highest BCUT2D eigenvalue weighted by Crippen LogP contribution is 1.86. The molecule has 9 heavy (non-hydrogen) atoms. The fraction of sp³-hybridized carbons (Fsp3) is 0.667. The van der Waals surface area contributed by atoms with E-state index in [1.54, 1.807) is 0 Å². The van der Waals surface area contributed by atoms with Crippen LogP contribution >= 0.6 is 31.9 Å². The number of halogens is 2. The van der Waals surface area contributed by atoms with Crippen molar-refractivity contribution in [1.82, 2.24) is 0 Å². The van der Waals surface area contributed by atoms with E-state index in [1.165, 1.54) is 0 Å². The van der Waals surface area contributed by atoms with Crippen molar-refractivity contribution in [3.05, 3.63) is 0 Å². The highest BCUT2D eigenvalue weighted by Gasteiger charge is 1.79. The van der Waals surface area contributed by atoms with Gasteiger partial charge in [-0.15, -0.1) is 0 Å². The van der Waals surface area contributed by atoms with Crippen LogP contribution in [0.15, 0.2) is 0 Å². The molecule has 0 spiro atoms. The summed E-state index contributed by atoms with van der Waals surface area (Å²) < 4.78 is 4.89. The Morgan fingerprint density at radius 1 is 1.33 bits per heavy atom. The summed E-state index contributed by atoms with van der Waals surface area (Å²) in [5, 5.41) is 1.66. The van der Waals surface area contributed by atoms with Crippen LogP contribution in [0.3, 0.4) is 0 Å². The van der Waals surface area contributed by atoms with E-state index in [4.69, 9.17) is 4.74 Å². The van der Waals surface area contributed by atoms with Crippen molar-refractivity contribution in [2.45, 2.75) is 6.42 Å². The van der Waals surface area contributed by atoms with Crippen LogP contribution in [0.25, 0.3) is 0 Å². The molecule has 0 atom stereocenters. The number of hydrogen-bond donors (Lipinski definition) is 0. The Morgan fingerprint density at radius 3 is 2.67 bits per heavy atom. The molecule has 0 heterocycles. The van der Waals surface area contributed by atoms with Crippen LogP contribution in [-0.2, 0) is 4.74 Å². The molecule has 0 bridgehead atoms. The second kappa shape index (κ2) is 8.32. The molecule has 0 aromatic heterocycles. The van der Waals surface area contributed by atoms with Crippen molar-refractivity contribution < 1.29 is 4.74 Å². The Morgan fingerprint density at radius 2 is 2.11 bits per heavy atom. The van der Waals surface area contributed by atoms with Crippen LogP contribution in [0.1, 0.15) is 6.42 Å². The molecular weight excluding hydrogens is 248 g/mol. The van der Waals surface area contributed by atoms with Gasteiger partial charge >= 0.3 is 0 Å². The van der Waals surface area contributed by atoms with Gasteiger partial charge in [0.1, 0.15) is 12.7 Å². The van der Waals surface area contributed by atoms with E-state index in [0.29, 0.717) is 11.9 Å². The van der Waals surface area contributed by atoms with Gasteiger partial charge in [-0.25, -0.2) is 0 Å². The Hall–Kier alpha value is 0.320. The molecule has 0 aliphatic rings. The van der Waals surface area contributed by atoms with Crippen molar-refractivity contribution >= 4 is 31.9 Å². The van der Waals surface area contributed by atoms with Crippen molar-refractivity contribution in [2.24, 2.45) is 0 Å². The summed E-state index contributed by atoms with van der Waals surface area (Å²) in [6.07, 6.45) is 3.56. The quantitative estimate of drug-likeness (QED) is 0.427. The van der Waals surface area contributed by atoms with Gasteiger partial charge in [0.2, 0.25) is 0 Å². The third-order valence-corrected chi connectivity index (χ3v) is 1.43. The van der Waals surface area contributed by atoms with Gasteiger partial charge in [-0.1, -0.05) is 31.9 Å². The number of alkyl halides is 2. The van der Waals surface area contributed by atoms with Gasteiger partial charge in [0, 0.05) is 5.33 Å². The van der Waals surface area contributed by atoms with E-state index in [0.717, 1.165) is 11.8 Å². The Balaban J connectivity index is 2.90. The van der Waals surface area contributed by atoms with Crippen molar-refractivity contribution in [1.29, 1.82) is 0 Å². The molecular formula is C6H8Br2O. The largest absolute Gasteiger partial charge is 0.447 e. The van der Waals surface area contributed by atoms with Gasteiger partial charge < -0.3 is 4.74 Å². The highest BCUT2D eigenvalue weighted by atomic mass is 79.9. The molecule has 0 rings (SSSR count). The van der Waals surface area contributed by atoms with Crippen LogP contribution in [0.2, 0.25) is 0 Å². The van der Waals surface area contributed by atoms with E-state index in [9.17, 15) is 0 Å². The smallest absolute Gasteiger partial charge is 0.110 e. The van der Waals surface area contributed by atoms with E-state index in [1.807, 2.05) is 0 Å².